The Morgan fingerprint density at radius 3 is 2.88 bits per heavy atom. The highest BCUT2D eigenvalue weighted by atomic mass is 35.5. The summed E-state index contributed by atoms with van der Waals surface area (Å²) in [5, 5.41) is 6.37. The minimum atomic E-state index is -0.483. The van der Waals surface area contributed by atoms with Crippen LogP contribution in [0, 0.1) is 0 Å². The van der Waals surface area contributed by atoms with Gasteiger partial charge in [-0.15, -0.1) is 11.6 Å². The van der Waals surface area contributed by atoms with Crippen molar-refractivity contribution in [3.05, 3.63) is 11.8 Å². The van der Waals surface area contributed by atoms with E-state index in [2.05, 4.69) is 10.4 Å². The molecule has 1 aromatic heterocycles. The zero-order valence-corrected chi connectivity index (χ0v) is 9.74. The van der Waals surface area contributed by atoms with Crippen molar-refractivity contribution in [2.75, 3.05) is 17.8 Å². The first kappa shape index (κ1) is 12.5. The number of anilines is 1. The van der Waals surface area contributed by atoms with Crippen LogP contribution in [0.25, 0.3) is 0 Å². The van der Waals surface area contributed by atoms with Crippen LogP contribution < -0.4 is 5.32 Å². The summed E-state index contributed by atoms with van der Waals surface area (Å²) in [6, 6.07) is 1.43. The number of hydrogen-bond donors (Lipinski definition) is 1. The summed E-state index contributed by atoms with van der Waals surface area (Å²) >= 11 is 5.32. The molecule has 0 bridgehead atoms. The van der Waals surface area contributed by atoms with Gasteiger partial charge in [-0.3, -0.25) is 9.48 Å². The van der Waals surface area contributed by atoms with Crippen molar-refractivity contribution >= 4 is 29.3 Å². The van der Waals surface area contributed by atoms with E-state index in [0.717, 1.165) is 0 Å². The number of nitrogens with one attached hydrogen (secondary N) is 1. The molecular formula is C9H12ClN3O3. The van der Waals surface area contributed by atoms with E-state index in [1.807, 2.05) is 0 Å². The second-order valence-electron chi connectivity index (χ2n) is 2.94. The number of ether oxygens (including phenoxy) is 1. The van der Waals surface area contributed by atoms with Gasteiger partial charge in [0.1, 0.15) is 11.6 Å². The number of amides is 1. The van der Waals surface area contributed by atoms with Crippen LogP contribution in [0.2, 0.25) is 0 Å². The van der Waals surface area contributed by atoms with Gasteiger partial charge in [0, 0.05) is 13.1 Å². The van der Waals surface area contributed by atoms with E-state index in [-0.39, 0.29) is 29.9 Å². The van der Waals surface area contributed by atoms with Crippen LogP contribution in [0.3, 0.4) is 0 Å². The van der Waals surface area contributed by atoms with Crippen LogP contribution in [0.5, 0.6) is 0 Å². The number of carbonyl (C=O) groups is 2. The number of hydrogen-bond acceptors (Lipinski definition) is 4. The molecule has 0 saturated carbocycles. The van der Waals surface area contributed by atoms with Crippen LogP contribution in [-0.4, -0.2) is 34.1 Å². The Hall–Kier alpha value is -1.56. The van der Waals surface area contributed by atoms with E-state index in [4.69, 9.17) is 16.3 Å². The summed E-state index contributed by atoms with van der Waals surface area (Å²) in [6.07, 6.45) is 0. The largest absolute Gasteiger partial charge is 0.461 e. The van der Waals surface area contributed by atoms with Crippen LogP contribution >= 0.6 is 11.6 Å². The van der Waals surface area contributed by atoms with Crippen molar-refractivity contribution in [3.63, 3.8) is 0 Å². The van der Waals surface area contributed by atoms with Gasteiger partial charge >= 0.3 is 5.97 Å². The molecular weight excluding hydrogens is 234 g/mol. The minimum Gasteiger partial charge on any atom is -0.461 e. The number of aromatic nitrogens is 2. The first-order valence-electron chi connectivity index (χ1n) is 4.65. The molecule has 88 valence electrons. The number of halogens is 1. The Morgan fingerprint density at radius 2 is 2.31 bits per heavy atom. The fourth-order valence-electron chi connectivity index (χ4n) is 1.10. The molecule has 0 aliphatic carbocycles. The Balaban J connectivity index is 2.81. The Morgan fingerprint density at radius 1 is 1.62 bits per heavy atom. The van der Waals surface area contributed by atoms with Crippen molar-refractivity contribution in [1.29, 1.82) is 0 Å². The van der Waals surface area contributed by atoms with E-state index in [1.54, 1.807) is 14.0 Å². The highest BCUT2D eigenvalue weighted by molar-refractivity contribution is 6.29. The molecule has 16 heavy (non-hydrogen) atoms. The van der Waals surface area contributed by atoms with Gasteiger partial charge in [0.2, 0.25) is 5.91 Å². The third-order valence-corrected chi connectivity index (χ3v) is 2.00. The lowest BCUT2D eigenvalue weighted by Gasteiger charge is -1.99. The summed E-state index contributed by atoms with van der Waals surface area (Å²) in [7, 11) is 1.59. The van der Waals surface area contributed by atoms with Gasteiger partial charge in [-0.05, 0) is 6.92 Å². The standard InChI is InChI=1S/C9H12ClN3O3/c1-3-16-9(15)6-4-7(12-13(6)2)11-8(14)5-10/h4H,3,5H2,1-2H3,(H,11,12,14). The maximum atomic E-state index is 11.4. The number of aryl methyl sites for hydroxylation is 1. The molecule has 1 aromatic rings. The van der Waals surface area contributed by atoms with Crippen molar-refractivity contribution in [2.45, 2.75) is 6.92 Å². The van der Waals surface area contributed by atoms with Gasteiger partial charge in [-0.2, -0.15) is 5.10 Å². The quantitative estimate of drug-likeness (QED) is 0.628. The van der Waals surface area contributed by atoms with Gasteiger partial charge in [0.25, 0.3) is 0 Å². The van der Waals surface area contributed by atoms with Crippen LogP contribution in [0.4, 0.5) is 5.82 Å². The summed E-state index contributed by atoms with van der Waals surface area (Å²) in [4.78, 5) is 22.4. The monoisotopic (exact) mass is 245 g/mol. The fraction of sp³-hybridized carbons (Fsp3) is 0.444. The molecule has 0 saturated heterocycles. The summed E-state index contributed by atoms with van der Waals surface area (Å²) in [6.45, 7) is 2.00. The number of alkyl halides is 1. The maximum absolute atomic E-state index is 11.4. The SMILES string of the molecule is CCOC(=O)c1cc(NC(=O)CCl)nn1C. The van der Waals surface area contributed by atoms with E-state index < -0.39 is 5.97 Å². The highest BCUT2D eigenvalue weighted by Gasteiger charge is 2.14. The predicted octanol–water partition coefficient (Wildman–Crippen LogP) is 0.774. The van der Waals surface area contributed by atoms with E-state index >= 15 is 0 Å². The third kappa shape index (κ3) is 2.96. The lowest BCUT2D eigenvalue weighted by Crippen LogP contribution is -2.13. The average Bonchev–Trinajstić information content (AvgIpc) is 2.59. The van der Waals surface area contributed by atoms with Crippen LogP contribution in [0.1, 0.15) is 17.4 Å². The summed E-state index contributed by atoms with van der Waals surface area (Å²) in [5.74, 6) is -0.749. The molecule has 0 atom stereocenters. The van der Waals surface area contributed by atoms with Gasteiger partial charge in [0.05, 0.1) is 6.61 Å². The second kappa shape index (κ2) is 5.50. The lowest BCUT2D eigenvalue weighted by atomic mass is 10.4. The zero-order chi connectivity index (χ0) is 12.1. The zero-order valence-electron chi connectivity index (χ0n) is 8.99. The molecule has 7 heteroatoms. The molecule has 1 amide bonds. The molecule has 0 spiro atoms. The molecule has 0 radical (unpaired) electrons. The van der Waals surface area contributed by atoms with Gasteiger partial charge in [0.15, 0.2) is 5.82 Å². The van der Waals surface area contributed by atoms with Gasteiger partial charge in [-0.25, -0.2) is 4.79 Å². The molecule has 1 heterocycles. The predicted molar refractivity (Wildman–Crippen MR) is 58.5 cm³/mol. The van der Waals surface area contributed by atoms with Crippen molar-refractivity contribution in [2.24, 2.45) is 7.05 Å². The van der Waals surface area contributed by atoms with Crippen molar-refractivity contribution in [1.82, 2.24) is 9.78 Å². The molecule has 0 aliphatic heterocycles. The minimum absolute atomic E-state index is 0.161. The smallest absolute Gasteiger partial charge is 0.356 e. The van der Waals surface area contributed by atoms with Crippen molar-refractivity contribution < 1.29 is 14.3 Å². The molecule has 0 aliphatic rings. The fourth-order valence-corrected chi connectivity index (χ4v) is 1.17. The molecule has 0 fully saturated rings. The molecule has 0 unspecified atom stereocenters. The number of nitrogens with zero attached hydrogens (tertiary/aromatic N) is 2. The highest BCUT2D eigenvalue weighted by Crippen LogP contribution is 2.09. The van der Waals surface area contributed by atoms with Gasteiger partial charge < -0.3 is 10.1 Å². The van der Waals surface area contributed by atoms with Crippen LogP contribution in [0.15, 0.2) is 6.07 Å². The first-order valence-corrected chi connectivity index (χ1v) is 5.19. The Labute approximate surface area is 97.5 Å². The third-order valence-electron chi connectivity index (χ3n) is 1.75. The van der Waals surface area contributed by atoms with E-state index in [0.29, 0.717) is 0 Å². The topological polar surface area (TPSA) is 73.2 Å². The van der Waals surface area contributed by atoms with Gasteiger partial charge in [-0.1, -0.05) is 0 Å². The molecule has 1 N–H and O–H groups in total. The normalized spacial score (nSPS) is 9.94. The van der Waals surface area contributed by atoms with E-state index in [9.17, 15) is 9.59 Å². The van der Waals surface area contributed by atoms with Crippen molar-refractivity contribution in [3.8, 4) is 0 Å². The number of esters is 1. The van der Waals surface area contributed by atoms with E-state index in [1.165, 1.54) is 10.7 Å². The molecule has 0 aromatic carbocycles. The summed E-state index contributed by atoms with van der Waals surface area (Å²) in [5.41, 5.74) is 0.270. The number of carbonyl (C=O) groups excluding carboxylic acids is 2. The number of rotatable bonds is 4. The Bertz CT molecular complexity index is 403. The Kier molecular flexibility index (Phi) is 4.30. The van der Waals surface area contributed by atoms with Crippen LogP contribution in [-0.2, 0) is 16.6 Å². The first-order chi connectivity index (χ1) is 7.58. The molecule has 1 rings (SSSR count). The second-order valence-corrected chi connectivity index (χ2v) is 3.21. The molecule has 6 nitrogen and oxygen atoms in total. The average molecular weight is 246 g/mol. The lowest BCUT2D eigenvalue weighted by molar-refractivity contribution is -0.113. The summed E-state index contributed by atoms with van der Waals surface area (Å²) < 4.78 is 6.15. The maximum Gasteiger partial charge on any atom is 0.356 e.